The average Bonchev–Trinajstić information content (AvgIpc) is 0.843. The summed E-state index contributed by atoms with van der Waals surface area (Å²) >= 11 is 0. The first kappa shape index (κ1) is 59.5. The molecule has 0 fully saturated rings. The normalized spacial score (nSPS) is 12.5. The van der Waals surface area contributed by atoms with E-state index in [2.05, 4.69) is 245 Å². The molecule has 4 nitrogen and oxygen atoms in total. The van der Waals surface area contributed by atoms with Crippen LogP contribution < -0.4 is 9.80 Å². The van der Waals surface area contributed by atoms with E-state index in [0.717, 1.165) is 157 Å². The molecule has 0 saturated heterocycles. The monoisotopic (exact) mass is 1240 g/mol. The summed E-state index contributed by atoms with van der Waals surface area (Å²) in [4.78, 5) is 4.03. The van der Waals surface area contributed by atoms with Gasteiger partial charge in [0.2, 0.25) is 0 Å². The minimum absolute atomic E-state index is 0.169. The Labute approximate surface area is 541 Å². The van der Waals surface area contributed by atoms with Crippen LogP contribution in [0, 0.1) is 0 Å². The zero-order chi connectivity index (χ0) is 65.0. The van der Waals surface area contributed by atoms with Crippen LogP contribution in [-0.4, -0.2) is 9.13 Å². The Morgan fingerprint density at radius 1 is 0.245 bits per heavy atom. The summed E-state index contributed by atoms with van der Waals surface area (Å²) in [6.45, 7) is 12.9. The van der Waals surface area contributed by atoms with Crippen LogP contribution in [-0.2, 0) is 23.2 Å². The highest BCUT2D eigenvalue weighted by atomic mass is 19.4. The molecule has 0 radical (unpaired) electrons. The standard InChI is InChI=1S/C84H64F6N4/c1-81(2,3)55-27-39-59(40-28-55)91(61-43-31-57(32-44-61)83(85,86)87)65-47-49-71-73(51-65)79(53-23-35-63(36-24-53)93-75-19-11-7-15-67(75)68-16-8-12-20-76(68)93)72-50-48-66(92(60-41-29-56(30-42-60)82(4,5)6)62-45-33-58(34-46-62)84(88,89)90)52-74(72)80(71)54-25-37-64(38-26-54)94-77-21-13-9-17-69(77)70-18-10-14-22-78(70)94/h7-52H,1-6H3. The van der Waals surface area contributed by atoms with Crippen molar-refractivity contribution in [3.8, 4) is 33.6 Å². The summed E-state index contributed by atoms with van der Waals surface area (Å²) in [6, 6.07) is 90.7. The van der Waals surface area contributed by atoms with Gasteiger partial charge < -0.3 is 18.9 Å². The Morgan fingerprint density at radius 2 is 0.500 bits per heavy atom. The van der Waals surface area contributed by atoms with Crippen molar-refractivity contribution in [2.24, 2.45) is 0 Å². The van der Waals surface area contributed by atoms with Crippen LogP contribution in [0.25, 0.3) is 98.8 Å². The fourth-order valence-electron chi connectivity index (χ4n) is 13.8. The van der Waals surface area contributed by atoms with Crippen molar-refractivity contribution in [1.82, 2.24) is 9.13 Å². The quantitative estimate of drug-likeness (QED) is 0.100. The zero-order valence-electron chi connectivity index (χ0n) is 52.6. The highest BCUT2D eigenvalue weighted by molar-refractivity contribution is 6.23. The van der Waals surface area contributed by atoms with Crippen molar-refractivity contribution < 1.29 is 26.3 Å². The van der Waals surface area contributed by atoms with Gasteiger partial charge in [-0.1, -0.05) is 175 Å². The molecular weight excluding hydrogens is 1180 g/mol. The van der Waals surface area contributed by atoms with Gasteiger partial charge in [-0.3, -0.25) is 0 Å². The summed E-state index contributed by atoms with van der Waals surface area (Å²) in [6.07, 6.45) is -9.09. The van der Waals surface area contributed by atoms with Crippen LogP contribution in [0.1, 0.15) is 63.8 Å². The number of benzene rings is 13. The lowest BCUT2D eigenvalue weighted by Crippen LogP contribution is -2.14. The molecule has 462 valence electrons. The van der Waals surface area contributed by atoms with Crippen LogP contribution >= 0.6 is 0 Å². The molecule has 94 heavy (non-hydrogen) atoms. The maximum absolute atomic E-state index is 14.4. The number of alkyl halides is 6. The number of halogens is 6. The van der Waals surface area contributed by atoms with Crippen molar-refractivity contribution in [3.05, 3.63) is 301 Å². The first-order chi connectivity index (χ1) is 45.2. The van der Waals surface area contributed by atoms with Crippen LogP contribution in [0.5, 0.6) is 0 Å². The van der Waals surface area contributed by atoms with E-state index in [1.54, 1.807) is 0 Å². The van der Waals surface area contributed by atoms with Gasteiger partial charge in [-0.2, -0.15) is 26.3 Å². The molecule has 2 aromatic heterocycles. The molecule has 0 N–H and O–H groups in total. The molecule has 0 bridgehead atoms. The molecule has 0 aliphatic heterocycles. The predicted molar refractivity (Wildman–Crippen MR) is 378 cm³/mol. The fraction of sp³-hybridized carbons (Fsp3) is 0.119. The topological polar surface area (TPSA) is 16.3 Å². The molecule has 0 unspecified atom stereocenters. The third kappa shape index (κ3) is 10.5. The number of nitrogens with zero attached hydrogens (tertiary/aromatic N) is 4. The molecule has 15 rings (SSSR count). The van der Waals surface area contributed by atoms with E-state index in [1.165, 1.54) is 24.3 Å². The van der Waals surface area contributed by atoms with Crippen molar-refractivity contribution in [2.45, 2.75) is 64.7 Å². The van der Waals surface area contributed by atoms with Gasteiger partial charge in [0.1, 0.15) is 0 Å². The van der Waals surface area contributed by atoms with Gasteiger partial charge in [-0.15, -0.1) is 0 Å². The SMILES string of the molecule is CC(C)(C)c1ccc(N(c2ccc(C(F)(F)F)cc2)c2ccc3c(-c4ccc(-n5c6ccccc6c6ccccc65)cc4)c4cc(N(c5ccc(C(C)(C)C)cc5)c5ccc(C(F)(F)F)cc5)ccc4c(-c4ccc(-n5c6ccccc6c6ccccc65)cc4)c3c2)cc1. The Hall–Kier alpha value is -10.8. The van der Waals surface area contributed by atoms with Gasteiger partial charge >= 0.3 is 12.4 Å². The predicted octanol–water partition coefficient (Wildman–Crippen LogP) is 25.1. The molecule has 13 aromatic carbocycles. The number of fused-ring (bicyclic) bond motifs is 8. The van der Waals surface area contributed by atoms with Crippen molar-refractivity contribution in [3.63, 3.8) is 0 Å². The van der Waals surface area contributed by atoms with Gasteiger partial charge in [-0.05, 0) is 211 Å². The summed E-state index contributed by atoms with van der Waals surface area (Å²) in [5.41, 5.74) is 14.3. The Balaban J connectivity index is 1.02. The molecule has 0 atom stereocenters. The van der Waals surface area contributed by atoms with Crippen molar-refractivity contribution in [2.75, 3.05) is 9.80 Å². The van der Waals surface area contributed by atoms with Crippen LogP contribution in [0.2, 0.25) is 0 Å². The number of hydrogen-bond acceptors (Lipinski definition) is 2. The minimum atomic E-state index is -4.54. The molecule has 0 aliphatic rings. The molecule has 0 amide bonds. The lowest BCUT2D eigenvalue weighted by molar-refractivity contribution is -0.138. The molecule has 0 aliphatic carbocycles. The summed E-state index contributed by atoms with van der Waals surface area (Å²) in [5, 5.41) is 8.11. The number of aromatic nitrogens is 2. The lowest BCUT2D eigenvalue weighted by atomic mass is 9.85. The number of anilines is 6. The molecule has 2 heterocycles. The maximum Gasteiger partial charge on any atom is 0.416 e. The summed E-state index contributed by atoms with van der Waals surface area (Å²) in [5.74, 6) is 0. The Kier molecular flexibility index (Phi) is 14.2. The van der Waals surface area contributed by atoms with Crippen LogP contribution in [0.4, 0.5) is 60.5 Å². The van der Waals surface area contributed by atoms with Crippen LogP contribution in [0.15, 0.2) is 279 Å². The first-order valence-corrected chi connectivity index (χ1v) is 31.5. The average molecular weight is 1240 g/mol. The smallest absolute Gasteiger partial charge is 0.310 e. The largest absolute Gasteiger partial charge is 0.416 e. The Bertz CT molecular complexity index is 4820. The first-order valence-electron chi connectivity index (χ1n) is 31.5. The third-order valence-corrected chi connectivity index (χ3v) is 18.5. The van der Waals surface area contributed by atoms with E-state index in [-0.39, 0.29) is 10.8 Å². The van der Waals surface area contributed by atoms with E-state index in [0.29, 0.717) is 11.4 Å². The third-order valence-electron chi connectivity index (χ3n) is 18.5. The molecule has 10 heteroatoms. The summed E-state index contributed by atoms with van der Waals surface area (Å²) in [7, 11) is 0. The highest BCUT2D eigenvalue weighted by Gasteiger charge is 2.32. The van der Waals surface area contributed by atoms with Gasteiger partial charge in [0, 0.05) is 67.0 Å². The minimum Gasteiger partial charge on any atom is -0.310 e. The van der Waals surface area contributed by atoms with Gasteiger partial charge in [0.05, 0.1) is 33.2 Å². The second kappa shape index (κ2) is 22.5. The van der Waals surface area contributed by atoms with E-state index >= 15 is 0 Å². The lowest BCUT2D eigenvalue weighted by Gasteiger charge is -2.29. The Morgan fingerprint density at radius 3 is 0.766 bits per heavy atom. The molecule has 0 saturated carbocycles. The van der Waals surface area contributed by atoms with Crippen LogP contribution in [0.3, 0.4) is 0 Å². The molecule has 0 spiro atoms. The second-order valence-corrected chi connectivity index (χ2v) is 26.4. The second-order valence-electron chi connectivity index (χ2n) is 26.4. The number of hydrogen-bond donors (Lipinski definition) is 0. The molecular formula is C84H64F6N4. The summed E-state index contributed by atoms with van der Waals surface area (Å²) < 4.78 is 90.7. The van der Waals surface area contributed by atoms with E-state index in [9.17, 15) is 26.3 Å². The number of para-hydroxylation sites is 4. The van der Waals surface area contributed by atoms with E-state index in [4.69, 9.17) is 0 Å². The van der Waals surface area contributed by atoms with Gasteiger partial charge in [-0.25, -0.2) is 0 Å². The van der Waals surface area contributed by atoms with Crippen molar-refractivity contribution in [1.29, 1.82) is 0 Å². The zero-order valence-corrected chi connectivity index (χ0v) is 52.6. The van der Waals surface area contributed by atoms with Crippen molar-refractivity contribution >= 4 is 99.3 Å². The fourth-order valence-corrected chi connectivity index (χ4v) is 13.8. The molecule has 15 aromatic rings. The van der Waals surface area contributed by atoms with E-state index < -0.39 is 23.5 Å². The number of rotatable bonds is 10. The van der Waals surface area contributed by atoms with Gasteiger partial charge in [0.15, 0.2) is 0 Å². The highest BCUT2D eigenvalue weighted by Crippen LogP contribution is 2.50. The van der Waals surface area contributed by atoms with E-state index in [1.807, 2.05) is 46.2 Å². The maximum atomic E-state index is 14.4. The van der Waals surface area contributed by atoms with Gasteiger partial charge in [0.25, 0.3) is 0 Å².